The molecule has 0 saturated heterocycles. The highest BCUT2D eigenvalue weighted by Gasteiger charge is 2.26. The molecule has 0 fully saturated rings. The quantitative estimate of drug-likeness (QED) is 0.0361. The zero-order valence-corrected chi connectivity index (χ0v) is 47.9. The van der Waals surface area contributed by atoms with Crippen molar-refractivity contribution in [1.29, 1.82) is 0 Å². The lowest BCUT2D eigenvalue weighted by Crippen LogP contribution is -2.50. The number of aliphatic hydroxyl groups excluding tert-OH is 3. The van der Waals surface area contributed by atoms with Crippen LogP contribution in [0, 0.1) is 0 Å². The maximum absolute atomic E-state index is 12.5. The summed E-state index contributed by atoms with van der Waals surface area (Å²) in [5.41, 5.74) is 0. The molecule has 0 aromatic carbocycles. The van der Waals surface area contributed by atoms with Crippen LogP contribution in [-0.2, 0) is 4.79 Å². The summed E-state index contributed by atoms with van der Waals surface area (Å²) in [5.74, 6) is -0.145. The van der Waals surface area contributed by atoms with Crippen molar-refractivity contribution in [1.82, 2.24) is 5.32 Å². The van der Waals surface area contributed by atoms with Gasteiger partial charge in [0.15, 0.2) is 0 Å². The fourth-order valence-corrected chi connectivity index (χ4v) is 10.6. The number of rotatable bonds is 61. The molecular weight excluding hydrogens is 859 g/mol. The molecule has 0 rings (SSSR count). The summed E-state index contributed by atoms with van der Waals surface area (Å²) >= 11 is 0. The van der Waals surface area contributed by atoms with Gasteiger partial charge in [-0.25, -0.2) is 0 Å². The molecule has 3 unspecified atom stereocenters. The average Bonchev–Trinajstić information content (AvgIpc) is 3.36. The molecule has 0 saturated carbocycles. The summed E-state index contributed by atoms with van der Waals surface area (Å²) in [6, 6.07) is -0.823. The van der Waals surface area contributed by atoms with E-state index in [0.29, 0.717) is 12.8 Å². The summed E-state index contributed by atoms with van der Waals surface area (Å²) in [5, 5.41) is 33.8. The van der Waals surface area contributed by atoms with Crippen molar-refractivity contribution in [2.45, 2.75) is 392 Å². The van der Waals surface area contributed by atoms with Crippen LogP contribution in [-0.4, -0.2) is 46.1 Å². The molecular formula is C65H129NO4. The summed E-state index contributed by atoms with van der Waals surface area (Å²) in [7, 11) is 0. The normalized spacial score (nSPS) is 13.2. The topological polar surface area (TPSA) is 89.8 Å². The van der Waals surface area contributed by atoms with Crippen LogP contribution in [0.1, 0.15) is 373 Å². The van der Waals surface area contributed by atoms with Crippen molar-refractivity contribution in [2.24, 2.45) is 0 Å². The van der Waals surface area contributed by atoms with E-state index in [-0.39, 0.29) is 12.5 Å². The van der Waals surface area contributed by atoms with Crippen LogP contribution in [0.3, 0.4) is 0 Å². The van der Waals surface area contributed by atoms with Gasteiger partial charge >= 0.3 is 0 Å². The first-order valence-electron chi connectivity index (χ1n) is 32.5. The molecule has 4 N–H and O–H groups in total. The molecule has 0 aromatic heterocycles. The predicted molar refractivity (Wildman–Crippen MR) is 310 cm³/mol. The van der Waals surface area contributed by atoms with E-state index in [1.54, 1.807) is 0 Å². The molecule has 0 aliphatic carbocycles. The fraction of sp³-hybridized carbons (Fsp3) is 0.954. The van der Waals surface area contributed by atoms with Crippen molar-refractivity contribution in [2.75, 3.05) is 6.61 Å². The second-order valence-corrected chi connectivity index (χ2v) is 22.7. The first-order chi connectivity index (χ1) is 34.6. The molecule has 3 atom stereocenters. The van der Waals surface area contributed by atoms with E-state index in [4.69, 9.17) is 0 Å². The van der Waals surface area contributed by atoms with E-state index in [0.717, 1.165) is 38.5 Å². The van der Waals surface area contributed by atoms with Crippen LogP contribution in [0.5, 0.6) is 0 Å². The first kappa shape index (κ1) is 69.1. The van der Waals surface area contributed by atoms with Gasteiger partial charge in [-0.3, -0.25) is 4.79 Å². The van der Waals surface area contributed by atoms with E-state index >= 15 is 0 Å². The summed E-state index contributed by atoms with van der Waals surface area (Å²) in [4.78, 5) is 12.5. The zero-order chi connectivity index (χ0) is 50.7. The van der Waals surface area contributed by atoms with Crippen molar-refractivity contribution in [3.63, 3.8) is 0 Å². The molecule has 5 nitrogen and oxygen atoms in total. The minimum Gasteiger partial charge on any atom is -0.394 e. The van der Waals surface area contributed by atoms with Gasteiger partial charge in [0.2, 0.25) is 5.91 Å². The molecule has 1 amide bonds. The molecule has 418 valence electrons. The van der Waals surface area contributed by atoms with Gasteiger partial charge < -0.3 is 20.6 Å². The Balaban J connectivity index is 3.43. The largest absolute Gasteiger partial charge is 0.394 e. The summed E-state index contributed by atoms with van der Waals surface area (Å²) < 4.78 is 0. The van der Waals surface area contributed by atoms with E-state index in [2.05, 4.69) is 31.3 Å². The monoisotopic (exact) mass is 988 g/mol. The second kappa shape index (κ2) is 60.6. The van der Waals surface area contributed by atoms with E-state index < -0.39 is 18.2 Å². The Hall–Kier alpha value is -0.910. The number of aliphatic hydroxyl groups is 3. The molecule has 0 bridgehead atoms. The third kappa shape index (κ3) is 54.9. The van der Waals surface area contributed by atoms with Gasteiger partial charge in [0, 0.05) is 6.42 Å². The Labute approximate surface area is 440 Å². The predicted octanol–water partition coefficient (Wildman–Crippen LogP) is 20.6. The number of nitrogens with one attached hydrogen (secondary N) is 1. The highest BCUT2D eigenvalue weighted by molar-refractivity contribution is 5.76. The molecule has 5 heteroatoms. The fourth-order valence-electron chi connectivity index (χ4n) is 10.6. The van der Waals surface area contributed by atoms with Gasteiger partial charge in [0.25, 0.3) is 0 Å². The Bertz CT molecular complexity index is 1000. The van der Waals surface area contributed by atoms with Crippen LogP contribution in [0.2, 0.25) is 0 Å². The highest BCUT2D eigenvalue weighted by atomic mass is 16.3. The molecule has 0 radical (unpaired) electrons. The molecule has 0 spiro atoms. The molecule has 0 heterocycles. The van der Waals surface area contributed by atoms with Gasteiger partial charge in [0.05, 0.1) is 18.8 Å². The lowest BCUT2D eigenvalue weighted by Gasteiger charge is -2.26. The average molecular weight is 989 g/mol. The van der Waals surface area contributed by atoms with Gasteiger partial charge in [-0.1, -0.05) is 341 Å². The Morgan fingerprint density at radius 1 is 0.343 bits per heavy atom. The highest BCUT2D eigenvalue weighted by Crippen LogP contribution is 2.19. The van der Waals surface area contributed by atoms with Gasteiger partial charge in [0.1, 0.15) is 6.10 Å². The third-order valence-corrected chi connectivity index (χ3v) is 15.6. The Morgan fingerprint density at radius 3 is 0.829 bits per heavy atom. The van der Waals surface area contributed by atoms with E-state index in [1.807, 2.05) is 0 Å². The van der Waals surface area contributed by atoms with Crippen molar-refractivity contribution in [3.8, 4) is 0 Å². The number of unbranched alkanes of at least 4 members (excludes halogenated alkanes) is 51. The number of carbonyl (C=O) groups is 1. The third-order valence-electron chi connectivity index (χ3n) is 15.6. The minimum absolute atomic E-state index is 0.145. The molecule has 70 heavy (non-hydrogen) atoms. The number of amides is 1. The van der Waals surface area contributed by atoms with E-state index in [1.165, 1.54) is 308 Å². The van der Waals surface area contributed by atoms with Crippen LogP contribution < -0.4 is 5.32 Å². The summed E-state index contributed by atoms with van der Waals surface area (Å²) in [6.45, 7) is 4.22. The molecule has 0 aliphatic rings. The van der Waals surface area contributed by atoms with Crippen molar-refractivity contribution < 1.29 is 20.1 Å². The maximum atomic E-state index is 12.5. The minimum atomic E-state index is -1.16. The lowest BCUT2D eigenvalue weighted by molar-refractivity contribution is -0.124. The van der Waals surface area contributed by atoms with Crippen LogP contribution in [0.25, 0.3) is 0 Å². The molecule has 0 aliphatic heterocycles. The second-order valence-electron chi connectivity index (χ2n) is 22.7. The Morgan fingerprint density at radius 2 is 0.571 bits per heavy atom. The summed E-state index contributed by atoms with van der Waals surface area (Å²) in [6.07, 6.45) is 77.1. The molecule has 0 aromatic rings. The SMILES string of the molecule is CCCCCCCCCCCCCCCC/C=C/CCCC(O)C(O)C(CO)NC(=O)CCCCCCCCCCCCCCCCCCCCCCCCCCCCCCCCCCCCCCC. The number of hydrogen-bond acceptors (Lipinski definition) is 4. The number of carbonyl (C=O) groups excluding carboxylic acids is 1. The maximum Gasteiger partial charge on any atom is 0.220 e. The van der Waals surface area contributed by atoms with Gasteiger partial charge in [-0.15, -0.1) is 0 Å². The Kier molecular flexibility index (Phi) is 59.9. The van der Waals surface area contributed by atoms with Gasteiger partial charge in [-0.2, -0.15) is 0 Å². The van der Waals surface area contributed by atoms with Gasteiger partial charge in [-0.05, 0) is 38.5 Å². The number of hydrogen-bond donors (Lipinski definition) is 4. The van der Waals surface area contributed by atoms with Crippen LogP contribution >= 0.6 is 0 Å². The number of allylic oxidation sites excluding steroid dienone is 2. The smallest absolute Gasteiger partial charge is 0.220 e. The first-order valence-corrected chi connectivity index (χ1v) is 32.5. The van der Waals surface area contributed by atoms with E-state index in [9.17, 15) is 20.1 Å². The standard InChI is InChI=1S/C65H129NO4/c1-3-5-7-9-11-13-15-17-19-21-23-24-25-26-27-28-29-30-31-32-33-34-35-36-37-38-39-40-42-44-46-48-50-52-54-56-58-60-64(69)66-62(61-67)65(70)63(68)59-57-55-53-51-49-47-45-43-41-22-20-18-16-14-12-10-8-6-4-2/h51,53,62-63,65,67-68,70H,3-50,52,54-61H2,1-2H3,(H,66,69)/b53-51+. The van der Waals surface area contributed by atoms with Crippen molar-refractivity contribution >= 4 is 5.91 Å². The van der Waals surface area contributed by atoms with Crippen molar-refractivity contribution in [3.05, 3.63) is 12.2 Å². The van der Waals surface area contributed by atoms with Crippen LogP contribution in [0.4, 0.5) is 0 Å². The zero-order valence-electron chi connectivity index (χ0n) is 47.9. The van der Waals surface area contributed by atoms with Crippen LogP contribution in [0.15, 0.2) is 12.2 Å². The lowest BCUT2D eigenvalue weighted by atomic mass is 10.0.